The van der Waals surface area contributed by atoms with E-state index in [0.717, 1.165) is 26.1 Å². The van der Waals surface area contributed by atoms with Crippen molar-refractivity contribution in [1.29, 1.82) is 0 Å². The van der Waals surface area contributed by atoms with E-state index in [1.54, 1.807) is 12.1 Å². The van der Waals surface area contributed by atoms with Crippen LogP contribution in [0, 0.1) is 10.1 Å². The Morgan fingerprint density at radius 2 is 1.80 bits per heavy atom. The predicted molar refractivity (Wildman–Crippen MR) is 39.9 cm³/mol. The van der Waals surface area contributed by atoms with Crippen molar-refractivity contribution in [3.63, 3.8) is 0 Å². The Morgan fingerprint density at radius 3 is 2.20 bits per heavy atom. The first kappa shape index (κ1) is 7.52. The molecule has 0 fully saturated rings. The van der Waals surface area contributed by atoms with Gasteiger partial charge in [-0.25, -0.2) is 0 Å². The van der Waals surface area contributed by atoms with Crippen molar-refractivity contribution in [1.82, 2.24) is 0 Å². The van der Waals surface area contributed by atoms with E-state index in [1.807, 2.05) is 0 Å². The van der Waals surface area contributed by atoms with E-state index >= 15 is 0 Å². The molecule has 0 aliphatic carbocycles. The topological polar surface area (TPSA) is 43.1 Å². The number of benzene rings is 1. The van der Waals surface area contributed by atoms with Crippen LogP contribution in [-0.4, -0.2) is 27.4 Å². The molecule has 50 valence electrons. The molecule has 10 heavy (non-hydrogen) atoms. The summed E-state index contributed by atoms with van der Waals surface area (Å²) < 4.78 is 1.16. The molecule has 0 saturated carbocycles. The van der Waals surface area contributed by atoms with E-state index in [0.29, 0.717) is 0 Å². The molecule has 0 N–H and O–H groups in total. The molecule has 0 aromatic heterocycles. The molecule has 0 unspecified atom stereocenters. The van der Waals surface area contributed by atoms with Crippen LogP contribution in [0.2, 0.25) is 0 Å². The zero-order chi connectivity index (χ0) is 7.56. The molecule has 1 aromatic rings. The average molecular weight is 242 g/mol. The number of hydrogen-bond donors (Lipinski definition) is 0. The van der Waals surface area contributed by atoms with Crippen LogP contribution in [0.3, 0.4) is 0 Å². The summed E-state index contributed by atoms with van der Waals surface area (Å²) in [4.78, 5) is 9.74. The van der Waals surface area contributed by atoms with Crippen LogP contribution in [0.5, 0.6) is 0 Å². The van der Waals surface area contributed by atoms with Gasteiger partial charge in [0.05, 0.1) is 0 Å². The van der Waals surface area contributed by atoms with Gasteiger partial charge < -0.3 is 0 Å². The molecular formula is C6H5NO2Sn. The number of nitro benzene ring substituents is 1. The predicted octanol–water partition coefficient (Wildman–Crippen LogP) is 0.121. The monoisotopic (exact) mass is 243 g/mol. The minimum absolute atomic E-state index is 0.165. The Bertz CT molecular complexity index is 244. The van der Waals surface area contributed by atoms with E-state index in [-0.39, 0.29) is 10.6 Å². The van der Waals surface area contributed by atoms with Crippen molar-refractivity contribution in [2.45, 2.75) is 0 Å². The molecule has 2 radical (unpaired) electrons. The summed E-state index contributed by atoms with van der Waals surface area (Å²) in [5.74, 6) is 0. The first-order valence-corrected chi connectivity index (χ1v) is 4.35. The van der Waals surface area contributed by atoms with Gasteiger partial charge in [0.15, 0.2) is 0 Å². The van der Waals surface area contributed by atoms with Crippen molar-refractivity contribution in [3.8, 4) is 0 Å². The van der Waals surface area contributed by atoms with E-state index in [9.17, 15) is 10.1 Å². The summed E-state index contributed by atoms with van der Waals surface area (Å²) in [6.45, 7) is 0. The van der Waals surface area contributed by atoms with Gasteiger partial charge in [-0.2, -0.15) is 0 Å². The van der Waals surface area contributed by atoms with Crippen LogP contribution in [0.25, 0.3) is 0 Å². The summed E-state index contributed by atoms with van der Waals surface area (Å²) in [6, 6.07) is 6.61. The first-order valence-electron chi connectivity index (χ1n) is 2.70. The van der Waals surface area contributed by atoms with Gasteiger partial charge in [-0.1, -0.05) is 0 Å². The van der Waals surface area contributed by atoms with Crippen LogP contribution < -0.4 is 3.58 Å². The zero-order valence-corrected chi connectivity index (χ0v) is 8.45. The third-order valence-corrected chi connectivity index (χ3v) is 2.20. The molecule has 4 heteroatoms. The third-order valence-electron chi connectivity index (χ3n) is 1.10. The van der Waals surface area contributed by atoms with Crippen LogP contribution >= 0.6 is 0 Å². The van der Waals surface area contributed by atoms with Gasteiger partial charge in [0.2, 0.25) is 0 Å². The molecule has 0 aliphatic heterocycles. The molecule has 0 saturated heterocycles. The van der Waals surface area contributed by atoms with Crippen LogP contribution in [-0.2, 0) is 0 Å². The van der Waals surface area contributed by atoms with Crippen molar-refractivity contribution >= 4 is 31.8 Å². The summed E-state index contributed by atoms with van der Waals surface area (Å²) in [5, 5.41) is 10.1. The zero-order valence-electron chi connectivity index (χ0n) is 5.15. The molecule has 0 atom stereocenters. The number of nitrogens with zero attached hydrogens (tertiary/aromatic N) is 1. The van der Waals surface area contributed by atoms with Gasteiger partial charge >= 0.3 is 71.1 Å². The standard InChI is InChI=1S/C6H4NO2.Sn.H/c8-7(9)6-4-2-1-3-5-6;;/h2-5H;;. The number of hydrogen-bond acceptors (Lipinski definition) is 2. The van der Waals surface area contributed by atoms with Gasteiger partial charge in [0.1, 0.15) is 0 Å². The maximum absolute atomic E-state index is 10.1. The van der Waals surface area contributed by atoms with Crippen molar-refractivity contribution < 1.29 is 4.92 Å². The number of nitro groups is 1. The quantitative estimate of drug-likeness (QED) is 0.398. The molecule has 0 heterocycles. The second kappa shape index (κ2) is 3.00. The molecule has 0 spiro atoms. The summed E-state index contributed by atoms with van der Waals surface area (Å²) in [7, 11) is 0. The normalized spacial score (nSPS) is 9.30. The van der Waals surface area contributed by atoms with Crippen LogP contribution in [0.4, 0.5) is 5.69 Å². The summed E-state index contributed by atoms with van der Waals surface area (Å²) in [6.07, 6.45) is 0. The molecule has 0 amide bonds. The maximum atomic E-state index is 10.1. The van der Waals surface area contributed by atoms with Crippen LogP contribution in [0.15, 0.2) is 24.3 Å². The Balaban J connectivity index is 3.00. The molecule has 1 rings (SSSR count). The summed E-state index contributed by atoms with van der Waals surface area (Å²) >= 11 is 1.01. The molecule has 3 nitrogen and oxygen atoms in total. The Morgan fingerprint density at radius 1 is 1.30 bits per heavy atom. The fourth-order valence-corrected chi connectivity index (χ4v) is 1.15. The van der Waals surface area contributed by atoms with Gasteiger partial charge in [-0.15, -0.1) is 0 Å². The SMILES string of the molecule is O=[N+]([O-])c1cc[c]([SnH])cc1. The average Bonchev–Trinajstić information content (AvgIpc) is 1.88. The van der Waals surface area contributed by atoms with E-state index in [1.165, 1.54) is 12.1 Å². The Hall–Kier alpha value is -0.581. The van der Waals surface area contributed by atoms with Crippen molar-refractivity contribution in [2.75, 3.05) is 0 Å². The molecular weight excluding hydrogens is 237 g/mol. The molecule has 1 aromatic carbocycles. The number of rotatable bonds is 1. The van der Waals surface area contributed by atoms with Gasteiger partial charge in [0, 0.05) is 0 Å². The van der Waals surface area contributed by atoms with E-state index in [4.69, 9.17) is 0 Å². The second-order valence-electron chi connectivity index (χ2n) is 1.85. The van der Waals surface area contributed by atoms with Crippen molar-refractivity contribution in [2.24, 2.45) is 0 Å². The van der Waals surface area contributed by atoms with E-state index in [2.05, 4.69) is 0 Å². The number of non-ortho nitro benzene ring substituents is 1. The van der Waals surface area contributed by atoms with Gasteiger partial charge in [-0.3, -0.25) is 0 Å². The molecule has 0 bridgehead atoms. The third kappa shape index (κ3) is 1.70. The Kier molecular flexibility index (Phi) is 2.26. The minimum atomic E-state index is -0.389. The second-order valence-corrected chi connectivity index (χ2v) is 3.75. The van der Waals surface area contributed by atoms with Crippen LogP contribution in [0.1, 0.15) is 0 Å². The van der Waals surface area contributed by atoms with Gasteiger partial charge in [0.25, 0.3) is 0 Å². The summed E-state index contributed by atoms with van der Waals surface area (Å²) in [5.41, 5.74) is 0.165. The first-order chi connectivity index (χ1) is 4.70. The van der Waals surface area contributed by atoms with E-state index < -0.39 is 0 Å². The fraction of sp³-hybridized carbons (Fsp3) is 0. The molecule has 0 aliphatic rings. The Labute approximate surface area is 71.3 Å². The van der Waals surface area contributed by atoms with Crippen molar-refractivity contribution in [3.05, 3.63) is 34.4 Å². The van der Waals surface area contributed by atoms with Gasteiger partial charge in [-0.05, 0) is 0 Å². The fourth-order valence-electron chi connectivity index (χ4n) is 0.596.